The van der Waals surface area contributed by atoms with E-state index in [0.717, 1.165) is 5.92 Å². The van der Waals surface area contributed by atoms with E-state index in [1.165, 1.54) is 64.2 Å². The zero-order chi connectivity index (χ0) is 12.1. The average molecular weight is 224 g/mol. The van der Waals surface area contributed by atoms with Crippen molar-refractivity contribution >= 4 is 0 Å². The second kappa shape index (κ2) is 12.8. The third kappa shape index (κ3) is 11.8. The maximum absolute atomic E-state index is 2.41. The highest BCUT2D eigenvalue weighted by Gasteiger charge is 2.00. The molecule has 1 atom stereocenters. The molecule has 0 aromatic rings. The third-order valence-electron chi connectivity index (χ3n) is 3.25. The lowest BCUT2D eigenvalue weighted by molar-refractivity contribution is 0.460. The molecule has 0 N–H and O–H groups in total. The van der Waals surface area contributed by atoms with Crippen LogP contribution in [0.5, 0.6) is 0 Å². The second-order valence-corrected chi connectivity index (χ2v) is 5.15. The molecule has 0 aliphatic heterocycles. The minimum Gasteiger partial charge on any atom is -0.0885 e. The standard InChI is InChI=1S/C16H32/c1-4-6-8-10-12-14-16(3)15-13-11-9-7-5-2/h8,10,16H,4-7,9,11-15H2,1-3H3. The van der Waals surface area contributed by atoms with Crippen LogP contribution in [0.4, 0.5) is 0 Å². The number of allylic oxidation sites excluding steroid dienone is 2. The first kappa shape index (κ1) is 15.7. The summed E-state index contributed by atoms with van der Waals surface area (Å²) >= 11 is 0. The molecule has 0 saturated heterocycles. The summed E-state index contributed by atoms with van der Waals surface area (Å²) in [6, 6.07) is 0. The van der Waals surface area contributed by atoms with Gasteiger partial charge in [-0.1, -0.05) is 77.9 Å². The molecule has 0 amide bonds. The minimum absolute atomic E-state index is 0.924. The lowest BCUT2D eigenvalue weighted by Gasteiger charge is -2.09. The van der Waals surface area contributed by atoms with Crippen LogP contribution >= 0.6 is 0 Å². The predicted molar refractivity (Wildman–Crippen MR) is 75.8 cm³/mol. The Kier molecular flexibility index (Phi) is 12.6. The predicted octanol–water partition coefficient (Wildman–Crippen LogP) is 6.12. The fraction of sp³-hybridized carbons (Fsp3) is 0.875. The summed E-state index contributed by atoms with van der Waals surface area (Å²) in [4.78, 5) is 0. The smallest absolute Gasteiger partial charge is 0.0348 e. The molecule has 0 spiro atoms. The average Bonchev–Trinajstić information content (AvgIpc) is 2.28. The van der Waals surface area contributed by atoms with Gasteiger partial charge in [0.1, 0.15) is 0 Å². The molecule has 0 heteroatoms. The Labute approximate surface area is 104 Å². The Morgan fingerprint density at radius 3 is 2.12 bits per heavy atom. The number of hydrogen-bond acceptors (Lipinski definition) is 0. The van der Waals surface area contributed by atoms with Crippen LogP contribution < -0.4 is 0 Å². The summed E-state index contributed by atoms with van der Waals surface area (Å²) in [5, 5.41) is 0. The van der Waals surface area contributed by atoms with Crippen LogP contribution in [0.3, 0.4) is 0 Å². The van der Waals surface area contributed by atoms with E-state index in [0.29, 0.717) is 0 Å². The topological polar surface area (TPSA) is 0 Å². The van der Waals surface area contributed by atoms with Gasteiger partial charge in [-0.2, -0.15) is 0 Å². The normalized spacial score (nSPS) is 13.4. The van der Waals surface area contributed by atoms with Crippen molar-refractivity contribution < 1.29 is 0 Å². The molecule has 0 aliphatic carbocycles. The van der Waals surface area contributed by atoms with Crippen molar-refractivity contribution in [2.45, 2.75) is 85.0 Å². The molecule has 0 bridgehead atoms. The summed E-state index contributed by atoms with van der Waals surface area (Å²) in [6.45, 7) is 6.93. The van der Waals surface area contributed by atoms with Gasteiger partial charge < -0.3 is 0 Å². The minimum atomic E-state index is 0.924. The van der Waals surface area contributed by atoms with Crippen LogP contribution in [0.2, 0.25) is 0 Å². The number of unbranched alkanes of at least 4 members (excludes halogenated alkanes) is 5. The van der Waals surface area contributed by atoms with Crippen molar-refractivity contribution in [3.8, 4) is 0 Å². The van der Waals surface area contributed by atoms with Gasteiger partial charge in [-0.05, 0) is 25.2 Å². The fourth-order valence-electron chi connectivity index (χ4n) is 2.02. The van der Waals surface area contributed by atoms with Crippen LogP contribution in [0.1, 0.15) is 85.0 Å². The van der Waals surface area contributed by atoms with Gasteiger partial charge in [0.15, 0.2) is 0 Å². The van der Waals surface area contributed by atoms with Gasteiger partial charge in [0.25, 0.3) is 0 Å². The molecule has 0 radical (unpaired) electrons. The van der Waals surface area contributed by atoms with E-state index in [-0.39, 0.29) is 0 Å². The van der Waals surface area contributed by atoms with Crippen LogP contribution in [0, 0.1) is 5.92 Å². The van der Waals surface area contributed by atoms with Gasteiger partial charge in [0.2, 0.25) is 0 Å². The van der Waals surface area contributed by atoms with Crippen molar-refractivity contribution in [1.29, 1.82) is 0 Å². The Hall–Kier alpha value is -0.260. The Balaban J connectivity index is 3.21. The summed E-state index contributed by atoms with van der Waals surface area (Å²) in [6.07, 6.45) is 18.5. The molecule has 0 aromatic heterocycles. The molecule has 0 saturated carbocycles. The quantitative estimate of drug-likeness (QED) is 0.293. The summed E-state index contributed by atoms with van der Waals surface area (Å²) < 4.78 is 0. The molecule has 0 aliphatic rings. The van der Waals surface area contributed by atoms with E-state index in [9.17, 15) is 0 Å². The first-order chi connectivity index (χ1) is 7.81. The Morgan fingerprint density at radius 1 is 0.750 bits per heavy atom. The number of hydrogen-bond donors (Lipinski definition) is 0. The highest BCUT2D eigenvalue weighted by molar-refractivity contribution is 4.81. The van der Waals surface area contributed by atoms with Gasteiger partial charge in [-0.15, -0.1) is 0 Å². The van der Waals surface area contributed by atoms with E-state index >= 15 is 0 Å². The van der Waals surface area contributed by atoms with Crippen molar-refractivity contribution in [3.63, 3.8) is 0 Å². The lowest BCUT2D eigenvalue weighted by Crippen LogP contribution is -1.93. The Morgan fingerprint density at radius 2 is 1.44 bits per heavy atom. The molecule has 0 fully saturated rings. The molecule has 1 unspecified atom stereocenters. The maximum atomic E-state index is 2.41. The summed E-state index contributed by atoms with van der Waals surface area (Å²) in [5.74, 6) is 0.924. The molecule has 0 heterocycles. The molecule has 0 aromatic carbocycles. The van der Waals surface area contributed by atoms with Crippen LogP contribution in [-0.2, 0) is 0 Å². The van der Waals surface area contributed by atoms with E-state index < -0.39 is 0 Å². The fourth-order valence-corrected chi connectivity index (χ4v) is 2.02. The monoisotopic (exact) mass is 224 g/mol. The van der Waals surface area contributed by atoms with E-state index in [2.05, 4.69) is 32.9 Å². The molecule has 16 heavy (non-hydrogen) atoms. The summed E-state index contributed by atoms with van der Waals surface area (Å²) in [5.41, 5.74) is 0. The van der Waals surface area contributed by atoms with Gasteiger partial charge >= 0.3 is 0 Å². The highest BCUT2D eigenvalue weighted by atomic mass is 14.1. The molecule has 0 nitrogen and oxygen atoms in total. The number of rotatable bonds is 11. The molecule has 0 rings (SSSR count). The van der Waals surface area contributed by atoms with Crippen molar-refractivity contribution in [2.75, 3.05) is 0 Å². The van der Waals surface area contributed by atoms with Crippen LogP contribution in [0.15, 0.2) is 12.2 Å². The third-order valence-corrected chi connectivity index (χ3v) is 3.25. The van der Waals surface area contributed by atoms with Crippen molar-refractivity contribution in [3.05, 3.63) is 12.2 Å². The van der Waals surface area contributed by atoms with E-state index in [4.69, 9.17) is 0 Å². The van der Waals surface area contributed by atoms with Gasteiger partial charge in [-0.25, -0.2) is 0 Å². The van der Waals surface area contributed by atoms with Crippen molar-refractivity contribution in [2.24, 2.45) is 5.92 Å². The first-order valence-corrected chi connectivity index (χ1v) is 7.46. The largest absolute Gasteiger partial charge is 0.0885 e. The van der Waals surface area contributed by atoms with E-state index in [1.54, 1.807) is 0 Å². The Bertz CT molecular complexity index is 146. The van der Waals surface area contributed by atoms with Crippen LogP contribution in [-0.4, -0.2) is 0 Å². The highest BCUT2D eigenvalue weighted by Crippen LogP contribution is 2.16. The molecular weight excluding hydrogens is 192 g/mol. The van der Waals surface area contributed by atoms with Gasteiger partial charge in [-0.3, -0.25) is 0 Å². The maximum Gasteiger partial charge on any atom is -0.0348 e. The molecular formula is C16H32. The van der Waals surface area contributed by atoms with Crippen LogP contribution in [0.25, 0.3) is 0 Å². The SMILES string of the molecule is CCCC=CCCC(C)CCCCCCC. The second-order valence-electron chi connectivity index (χ2n) is 5.15. The lowest BCUT2D eigenvalue weighted by atomic mass is 9.97. The van der Waals surface area contributed by atoms with Gasteiger partial charge in [0.05, 0.1) is 0 Å². The zero-order valence-corrected chi connectivity index (χ0v) is 11.8. The summed E-state index contributed by atoms with van der Waals surface area (Å²) in [7, 11) is 0. The van der Waals surface area contributed by atoms with E-state index in [1.807, 2.05) is 0 Å². The van der Waals surface area contributed by atoms with Crippen molar-refractivity contribution in [1.82, 2.24) is 0 Å². The molecule has 96 valence electrons. The first-order valence-electron chi connectivity index (χ1n) is 7.46. The zero-order valence-electron chi connectivity index (χ0n) is 11.8. The van der Waals surface area contributed by atoms with Gasteiger partial charge in [0, 0.05) is 0 Å².